The van der Waals surface area contributed by atoms with Crippen LogP contribution in [0.1, 0.15) is 27.8 Å². The fourth-order valence-corrected chi connectivity index (χ4v) is 4.69. The summed E-state index contributed by atoms with van der Waals surface area (Å²) < 4.78 is 0. The molecule has 0 aliphatic heterocycles. The summed E-state index contributed by atoms with van der Waals surface area (Å²) in [4.78, 5) is 4.84. The molecule has 184 valence electrons. The van der Waals surface area contributed by atoms with Gasteiger partial charge in [-0.25, -0.2) is 0 Å². The first kappa shape index (κ1) is 24.5. The summed E-state index contributed by atoms with van der Waals surface area (Å²) in [6.07, 6.45) is 0. The van der Waals surface area contributed by atoms with Crippen LogP contribution in [0.15, 0.2) is 133 Å². The minimum atomic E-state index is 0.888. The number of hydrogen-bond donors (Lipinski definition) is 0. The molecular formula is C35H34N2. The lowest BCUT2D eigenvalue weighted by Crippen LogP contribution is -2.22. The van der Waals surface area contributed by atoms with Gasteiger partial charge in [0, 0.05) is 36.7 Å². The summed E-state index contributed by atoms with van der Waals surface area (Å²) in [6, 6.07) is 48.0. The highest BCUT2D eigenvalue weighted by Gasteiger charge is 2.13. The van der Waals surface area contributed by atoms with Crippen LogP contribution < -0.4 is 4.90 Å². The van der Waals surface area contributed by atoms with Crippen molar-refractivity contribution in [3.8, 4) is 0 Å². The van der Waals surface area contributed by atoms with Crippen LogP contribution in [0.2, 0.25) is 0 Å². The van der Waals surface area contributed by atoms with Gasteiger partial charge in [0.25, 0.3) is 0 Å². The van der Waals surface area contributed by atoms with Crippen molar-refractivity contribution < 1.29 is 0 Å². The van der Waals surface area contributed by atoms with Crippen LogP contribution in [0.25, 0.3) is 0 Å². The molecule has 0 N–H and O–H groups in total. The van der Waals surface area contributed by atoms with E-state index in [0.29, 0.717) is 0 Å². The number of rotatable bonds is 9. The molecule has 2 nitrogen and oxygen atoms in total. The molecule has 0 saturated carbocycles. The van der Waals surface area contributed by atoms with E-state index in [2.05, 4.69) is 157 Å². The average molecular weight is 483 g/mol. The van der Waals surface area contributed by atoms with Gasteiger partial charge in [0.05, 0.1) is 0 Å². The summed E-state index contributed by atoms with van der Waals surface area (Å²) >= 11 is 0. The monoisotopic (exact) mass is 482 g/mol. The quantitative estimate of drug-likeness (QED) is 0.207. The van der Waals surface area contributed by atoms with Crippen LogP contribution in [0, 0.1) is 13.8 Å². The van der Waals surface area contributed by atoms with Gasteiger partial charge in [-0.3, -0.25) is 4.90 Å². The molecule has 0 unspecified atom stereocenters. The van der Waals surface area contributed by atoms with Crippen molar-refractivity contribution in [3.05, 3.63) is 161 Å². The van der Waals surface area contributed by atoms with Crippen molar-refractivity contribution in [1.29, 1.82) is 0 Å². The first-order valence-electron chi connectivity index (χ1n) is 13.0. The Kier molecular flexibility index (Phi) is 7.78. The van der Waals surface area contributed by atoms with E-state index in [4.69, 9.17) is 0 Å². The zero-order chi connectivity index (χ0) is 25.5. The second-order valence-corrected chi connectivity index (χ2v) is 9.79. The molecule has 0 bridgehead atoms. The normalized spacial score (nSPS) is 11.0. The minimum absolute atomic E-state index is 0.888. The van der Waals surface area contributed by atoms with Gasteiger partial charge in [0.2, 0.25) is 0 Å². The zero-order valence-corrected chi connectivity index (χ0v) is 21.7. The molecule has 0 atom stereocenters. The molecule has 5 aromatic rings. The lowest BCUT2D eigenvalue weighted by atomic mass is 10.1. The highest BCUT2D eigenvalue weighted by Crippen LogP contribution is 2.35. The van der Waals surface area contributed by atoms with E-state index in [9.17, 15) is 0 Å². The summed E-state index contributed by atoms with van der Waals surface area (Å²) in [7, 11) is 0. The van der Waals surface area contributed by atoms with Gasteiger partial charge in [0.15, 0.2) is 0 Å². The highest BCUT2D eigenvalue weighted by molar-refractivity contribution is 5.76. The Bertz CT molecular complexity index is 1290. The molecule has 0 amide bonds. The molecule has 0 heterocycles. The van der Waals surface area contributed by atoms with Crippen LogP contribution >= 0.6 is 0 Å². The van der Waals surface area contributed by atoms with Crippen molar-refractivity contribution in [2.75, 3.05) is 4.90 Å². The first-order valence-corrected chi connectivity index (χ1v) is 13.0. The van der Waals surface area contributed by atoms with E-state index < -0.39 is 0 Å². The Morgan fingerprint density at radius 1 is 0.378 bits per heavy atom. The largest absolute Gasteiger partial charge is 0.311 e. The van der Waals surface area contributed by atoms with Gasteiger partial charge in [-0.2, -0.15) is 0 Å². The van der Waals surface area contributed by atoms with Crippen molar-refractivity contribution in [2.45, 2.75) is 33.5 Å². The molecule has 0 aromatic heterocycles. The maximum atomic E-state index is 2.51. The number of hydrogen-bond acceptors (Lipinski definition) is 2. The molecule has 0 saturated heterocycles. The maximum Gasteiger partial charge on any atom is 0.0461 e. The number of benzene rings is 5. The molecule has 0 spiro atoms. The summed E-state index contributed by atoms with van der Waals surface area (Å²) in [6.45, 7) is 6.97. The highest BCUT2D eigenvalue weighted by atomic mass is 15.1. The van der Waals surface area contributed by atoms with Crippen LogP contribution in [-0.4, -0.2) is 4.90 Å². The topological polar surface area (TPSA) is 6.48 Å². The standard InChI is InChI=1S/C35H34N2/c1-28-13-19-33(20-14-28)37(34-21-15-29(2)16-22-34)35-23-17-32(18-24-35)27-36(25-30-9-5-3-6-10-30)26-31-11-7-4-8-12-31/h3-24H,25-27H2,1-2H3. The Morgan fingerprint density at radius 3 is 1.08 bits per heavy atom. The second kappa shape index (κ2) is 11.7. The van der Waals surface area contributed by atoms with Crippen LogP contribution in [-0.2, 0) is 19.6 Å². The fourth-order valence-electron chi connectivity index (χ4n) is 4.69. The Balaban J connectivity index is 1.40. The number of aryl methyl sites for hydroxylation is 2. The van der Waals surface area contributed by atoms with E-state index in [-0.39, 0.29) is 0 Å². The van der Waals surface area contributed by atoms with Crippen LogP contribution in [0.4, 0.5) is 17.1 Å². The lowest BCUT2D eigenvalue weighted by molar-refractivity contribution is 0.248. The lowest BCUT2D eigenvalue weighted by Gasteiger charge is -2.27. The third-order valence-electron chi connectivity index (χ3n) is 6.68. The molecule has 5 aromatic carbocycles. The Hall–Kier alpha value is -4.14. The first-order chi connectivity index (χ1) is 18.1. The van der Waals surface area contributed by atoms with E-state index in [1.54, 1.807) is 0 Å². The molecule has 0 aliphatic carbocycles. The second-order valence-electron chi connectivity index (χ2n) is 9.79. The van der Waals surface area contributed by atoms with Crippen molar-refractivity contribution >= 4 is 17.1 Å². The van der Waals surface area contributed by atoms with Crippen LogP contribution in [0.3, 0.4) is 0 Å². The van der Waals surface area contributed by atoms with E-state index in [1.807, 2.05) is 0 Å². The predicted molar refractivity (Wildman–Crippen MR) is 156 cm³/mol. The molecule has 0 radical (unpaired) electrons. The Morgan fingerprint density at radius 2 is 0.703 bits per heavy atom. The molecule has 37 heavy (non-hydrogen) atoms. The van der Waals surface area contributed by atoms with E-state index in [1.165, 1.54) is 27.8 Å². The average Bonchev–Trinajstić information content (AvgIpc) is 2.93. The van der Waals surface area contributed by atoms with E-state index >= 15 is 0 Å². The number of nitrogens with zero attached hydrogens (tertiary/aromatic N) is 2. The third kappa shape index (κ3) is 6.55. The van der Waals surface area contributed by atoms with Crippen molar-refractivity contribution in [1.82, 2.24) is 4.90 Å². The zero-order valence-electron chi connectivity index (χ0n) is 21.7. The molecule has 0 aliphatic rings. The third-order valence-corrected chi connectivity index (χ3v) is 6.68. The minimum Gasteiger partial charge on any atom is -0.311 e. The van der Waals surface area contributed by atoms with Crippen LogP contribution in [0.5, 0.6) is 0 Å². The van der Waals surface area contributed by atoms with Gasteiger partial charge in [-0.05, 0) is 66.9 Å². The van der Waals surface area contributed by atoms with Crippen molar-refractivity contribution in [3.63, 3.8) is 0 Å². The van der Waals surface area contributed by atoms with Gasteiger partial charge >= 0.3 is 0 Å². The smallest absolute Gasteiger partial charge is 0.0461 e. The molecule has 0 fully saturated rings. The molecule has 5 rings (SSSR count). The summed E-state index contributed by atoms with van der Waals surface area (Å²) in [5.74, 6) is 0. The molecular weight excluding hydrogens is 448 g/mol. The Labute approximate surface area is 221 Å². The van der Waals surface area contributed by atoms with E-state index in [0.717, 1.165) is 36.7 Å². The van der Waals surface area contributed by atoms with Gasteiger partial charge in [0.1, 0.15) is 0 Å². The molecule has 2 heteroatoms. The van der Waals surface area contributed by atoms with Gasteiger partial charge < -0.3 is 4.90 Å². The summed E-state index contributed by atoms with van der Waals surface area (Å²) in [5.41, 5.74) is 9.99. The fraction of sp³-hybridized carbons (Fsp3) is 0.143. The maximum absolute atomic E-state index is 2.51. The van der Waals surface area contributed by atoms with Gasteiger partial charge in [-0.15, -0.1) is 0 Å². The number of anilines is 3. The van der Waals surface area contributed by atoms with Gasteiger partial charge in [-0.1, -0.05) is 108 Å². The summed E-state index contributed by atoms with van der Waals surface area (Å²) in [5, 5.41) is 0. The van der Waals surface area contributed by atoms with Crippen molar-refractivity contribution in [2.24, 2.45) is 0 Å². The SMILES string of the molecule is Cc1ccc(N(c2ccc(C)cc2)c2ccc(CN(Cc3ccccc3)Cc3ccccc3)cc2)cc1. The predicted octanol–water partition coefficient (Wildman–Crippen LogP) is 8.98.